The highest BCUT2D eigenvalue weighted by Gasteiger charge is 2.35. The quantitative estimate of drug-likeness (QED) is 0.606. The van der Waals surface area contributed by atoms with Gasteiger partial charge in [-0.25, -0.2) is 4.79 Å². The third-order valence-corrected chi connectivity index (χ3v) is 2.47. The van der Waals surface area contributed by atoms with Crippen LogP contribution >= 0.6 is 11.6 Å². The topological polar surface area (TPSA) is 26.3 Å². The average molecular weight is 281 g/mol. The second kappa shape index (κ2) is 6.09. The minimum absolute atomic E-state index is 0.0765. The molecule has 0 fully saturated rings. The molecule has 18 heavy (non-hydrogen) atoms. The summed E-state index contributed by atoms with van der Waals surface area (Å²) in [4.78, 5) is 11.5. The number of esters is 1. The van der Waals surface area contributed by atoms with E-state index in [1.165, 1.54) is 6.07 Å². The molecule has 1 aromatic carbocycles. The number of rotatable bonds is 4. The lowest BCUT2D eigenvalue weighted by Gasteiger charge is -2.12. The summed E-state index contributed by atoms with van der Waals surface area (Å²) in [6.45, 7) is 1.99. The molecule has 0 unspecified atom stereocenters. The van der Waals surface area contributed by atoms with E-state index in [9.17, 15) is 18.0 Å². The summed E-state index contributed by atoms with van der Waals surface area (Å²) in [5, 5.41) is -0.0765. The SMILES string of the molecule is CCCCOC(=O)c1ccc(Cl)cc1C(F)(F)F. The van der Waals surface area contributed by atoms with Gasteiger partial charge in [-0.2, -0.15) is 13.2 Å². The Kier molecular flexibility index (Phi) is 5.02. The fraction of sp³-hybridized carbons (Fsp3) is 0.417. The van der Waals surface area contributed by atoms with Crippen molar-refractivity contribution < 1.29 is 22.7 Å². The molecule has 100 valence electrons. The Balaban J connectivity index is 2.97. The Bertz CT molecular complexity index is 430. The summed E-state index contributed by atoms with van der Waals surface area (Å²) >= 11 is 5.50. The fourth-order valence-corrected chi connectivity index (χ4v) is 1.49. The van der Waals surface area contributed by atoms with Gasteiger partial charge in [0, 0.05) is 5.02 Å². The molecule has 0 amide bonds. The number of ether oxygens (including phenoxy) is 1. The summed E-state index contributed by atoms with van der Waals surface area (Å²) in [7, 11) is 0. The zero-order valence-corrected chi connectivity index (χ0v) is 10.4. The van der Waals surface area contributed by atoms with Gasteiger partial charge < -0.3 is 4.74 Å². The van der Waals surface area contributed by atoms with Crippen LogP contribution in [-0.4, -0.2) is 12.6 Å². The van der Waals surface area contributed by atoms with Crippen LogP contribution in [0.2, 0.25) is 5.02 Å². The van der Waals surface area contributed by atoms with Crippen molar-refractivity contribution in [2.75, 3.05) is 6.61 Å². The Hall–Kier alpha value is -1.23. The maximum atomic E-state index is 12.7. The first kappa shape index (κ1) is 14.8. The van der Waals surface area contributed by atoms with E-state index in [1.807, 2.05) is 6.92 Å². The minimum Gasteiger partial charge on any atom is -0.462 e. The lowest BCUT2D eigenvalue weighted by molar-refractivity contribution is -0.138. The van der Waals surface area contributed by atoms with Crippen molar-refractivity contribution in [3.63, 3.8) is 0 Å². The molecule has 2 nitrogen and oxygen atoms in total. The number of unbranched alkanes of at least 4 members (excludes halogenated alkanes) is 1. The van der Waals surface area contributed by atoms with Gasteiger partial charge >= 0.3 is 12.1 Å². The Morgan fingerprint density at radius 1 is 1.39 bits per heavy atom. The van der Waals surface area contributed by atoms with Crippen LogP contribution in [-0.2, 0) is 10.9 Å². The predicted molar refractivity (Wildman–Crippen MR) is 61.6 cm³/mol. The minimum atomic E-state index is -4.63. The average Bonchev–Trinajstić information content (AvgIpc) is 2.28. The fourth-order valence-electron chi connectivity index (χ4n) is 1.32. The number of benzene rings is 1. The molecule has 0 radical (unpaired) electrons. The maximum absolute atomic E-state index is 12.7. The van der Waals surface area contributed by atoms with E-state index in [-0.39, 0.29) is 11.6 Å². The summed E-state index contributed by atoms with van der Waals surface area (Å²) < 4.78 is 42.9. The van der Waals surface area contributed by atoms with Crippen LogP contribution in [0.3, 0.4) is 0 Å². The number of hydrogen-bond donors (Lipinski definition) is 0. The van der Waals surface area contributed by atoms with Crippen molar-refractivity contribution in [3.05, 3.63) is 34.3 Å². The van der Waals surface area contributed by atoms with E-state index in [0.29, 0.717) is 6.42 Å². The normalized spacial score (nSPS) is 11.4. The number of hydrogen-bond acceptors (Lipinski definition) is 2. The van der Waals surface area contributed by atoms with Crippen LogP contribution in [0.4, 0.5) is 13.2 Å². The second-order valence-corrected chi connectivity index (χ2v) is 4.11. The lowest BCUT2D eigenvalue weighted by atomic mass is 10.1. The predicted octanol–water partition coefficient (Wildman–Crippen LogP) is 4.32. The molecule has 0 atom stereocenters. The van der Waals surface area contributed by atoms with Crippen molar-refractivity contribution in [1.29, 1.82) is 0 Å². The van der Waals surface area contributed by atoms with Crippen LogP contribution < -0.4 is 0 Å². The van der Waals surface area contributed by atoms with Crippen molar-refractivity contribution in [1.82, 2.24) is 0 Å². The van der Waals surface area contributed by atoms with Crippen LogP contribution in [0.1, 0.15) is 35.7 Å². The third kappa shape index (κ3) is 3.91. The molecule has 0 heterocycles. The molecular weight excluding hydrogens is 269 g/mol. The standard InChI is InChI=1S/C12H12ClF3O2/c1-2-3-6-18-11(17)9-5-4-8(13)7-10(9)12(14,15)16/h4-5,7H,2-3,6H2,1H3. The van der Waals surface area contributed by atoms with Gasteiger partial charge in [-0.1, -0.05) is 24.9 Å². The van der Waals surface area contributed by atoms with Crippen LogP contribution in [0.25, 0.3) is 0 Å². The van der Waals surface area contributed by atoms with E-state index < -0.39 is 23.3 Å². The van der Waals surface area contributed by atoms with Gasteiger partial charge in [0.2, 0.25) is 0 Å². The summed E-state index contributed by atoms with van der Waals surface area (Å²) in [6.07, 6.45) is -3.23. The van der Waals surface area contributed by atoms with E-state index >= 15 is 0 Å². The Morgan fingerprint density at radius 3 is 2.61 bits per heavy atom. The van der Waals surface area contributed by atoms with Gasteiger partial charge in [-0.15, -0.1) is 0 Å². The van der Waals surface area contributed by atoms with Crippen LogP contribution in [0.5, 0.6) is 0 Å². The van der Waals surface area contributed by atoms with Crippen molar-refractivity contribution in [2.45, 2.75) is 25.9 Å². The number of carbonyl (C=O) groups is 1. The van der Waals surface area contributed by atoms with Crippen LogP contribution in [0.15, 0.2) is 18.2 Å². The molecule has 0 aliphatic carbocycles. The van der Waals surface area contributed by atoms with Crippen LogP contribution in [0, 0.1) is 0 Å². The highest BCUT2D eigenvalue weighted by Crippen LogP contribution is 2.34. The van der Waals surface area contributed by atoms with Crippen molar-refractivity contribution >= 4 is 17.6 Å². The first-order valence-electron chi connectivity index (χ1n) is 5.40. The molecule has 0 bridgehead atoms. The molecule has 1 rings (SSSR count). The monoisotopic (exact) mass is 280 g/mol. The Labute approximate surface area is 108 Å². The number of alkyl halides is 3. The molecule has 0 saturated carbocycles. The van der Waals surface area contributed by atoms with E-state index in [1.54, 1.807) is 0 Å². The summed E-state index contributed by atoms with van der Waals surface area (Å²) in [5.41, 5.74) is -1.58. The Morgan fingerprint density at radius 2 is 2.06 bits per heavy atom. The summed E-state index contributed by atoms with van der Waals surface area (Å²) in [6, 6.07) is 2.98. The van der Waals surface area contributed by atoms with Crippen molar-refractivity contribution in [3.8, 4) is 0 Å². The maximum Gasteiger partial charge on any atom is 0.417 e. The van der Waals surface area contributed by atoms with Crippen molar-refractivity contribution in [2.24, 2.45) is 0 Å². The third-order valence-electron chi connectivity index (χ3n) is 2.24. The zero-order valence-electron chi connectivity index (χ0n) is 9.68. The number of carbonyl (C=O) groups excluding carboxylic acids is 1. The van der Waals surface area contributed by atoms with Gasteiger partial charge in [-0.3, -0.25) is 0 Å². The largest absolute Gasteiger partial charge is 0.462 e. The van der Waals surface area contributed by atoms with Gasteiger partial charge in [0.05, 0.1) is 17.7 Å². The van der Waals surface area contributed by atoms with Gasteiger partial charge in [0.1, 0.15) is 0 Å². The van der Waals surface area contributed by atoms with Gasteiger partial charge in [-0.05, 0) is 24.6 Å². The molecule has 0 N–H and O–H groups in total. The van der Waals surface area contributed by atoms with E-state index in [2.05, 4.69) is 0 Å². The molecule has 6 heteroatoms. The second-order valence-electron chi connectivity index (χ2n) is 3.68. The molecule has 0 aromatic heterocycles. The molecule has 0 spiro atoms. The molecule has 1 aromatic rings. The molecule has 0 aliphatic heterocycles. The lowest BCUT2D eigenvalue weighted by Crippen LogP contribution is -2.15. The molecular formula is C12H12ClF3O2. The van der Waals surface area contributed by atoms with E-state index in [4.69, 9.17) is 16.3 Å². The first-order valence-corrected chi connectivity index (χ1v) is 5.78. The molecule has 0 aliphatic rings. The summed E-state index contributed by atoms with van der Waals surface area (Å²) in [5.74, 6) is -0.979. The smallest absolute Gasteiger partial charge is 0.417 e. The first-order chi connectivity index (χ1) is 8.36. The number of halogens is 4. The zero-order chi connectivity index (χ0) is 13.8. The highest BCUT2D eigenvalue weighted by atomic mass is 35.5. The highest BCUT2D eigenvalue weighted by molar-refractivity contribution is 6.30. The van der Waals surface area contributed by atoms with E-state index in [0.717, 1.165) is 18.6 Å². The van der Waals surface area contributed by atoms with Gasteiger partial charge in [0.25, 0.3) is 0 Å². The molecule has 0 saturated heterocycles. The van der Waals surface area contributed by atoms with Gasteiger partial charge in [0.15, 0.2) is 0 Å².